The molecule has 0 saturated carbocycles. The minimum atomic E-state index is -5.11. The quantitative estimate of drug-likeness (QED) is 0.0486. The number of carbonyl (C=O) groups is 6. The third-order valence-corrected chi connectivity index (χ3v) is 10.9. The maximum Gasteiger partial charge on any atom is 0.469 e. The molecule has 2 heterocycles. The molecule has 1 fully saturated rings. The summed E-state index contributed by atoms with van der Waals surface area (Å²) < 4.78 is 17.7. The number of primary amides is 1. The number of phosphoric ester groups is 1. The van der Waals surface area contributed by atoms with E-state index in [-0.39, 0.29) is 24.7 Å². The summed E-state index contributed by atoms with van der Waals surface area (Å²) in [6.45, 7) is 6.17. The van der Waals surface area contributed by atoms with Crippen LogP contribution in [0.25, 0.3) is 0 Å². The molecular formula is C40H63N8O11P. The normalized spacial score (nSPS) is 16.7. The molecule has 20 heteroatoms. The van der Waals surface area contributed by atoms with Gasteiger partial charge in [-0.2, -0.15) is 0 Å². The number of benzene rings is 1. The van der Waals surface area contributed by atoms with E-state index in [2.05, 4.69) is 42.9 Å². The fourth-order valence-electron chi connectivity index (χ4n) is 7.18. The van der Waals surface area contributed by atoms with Crippen LogP contribution in [0.4, 0.5) is 0 Å². The number of aliphatic hydroxyl groups is 1. The van der Waals surface area contributed by atoms with Crippen molar-refractivity contribution in [1.82, 2.24) is 35.7 Å². The fraction of sp³-hybridized carbons (Fsp3) is 0.625. The highest BCUT2D eigenvalue weighted by Crippen LogP contribution is 2.38. The van der Waals surface area contributed by atoms with Crippen LogP contribution in [-0.2, 0) is 57.2 Å². The summed E-state index contributed by atoms with van der Waals surface area (Å²) in [6, 6.07) is 3.63. The average Bonchev–Trinajstić information content (AvgIpc) is 3.86. The van der Waals surface area contributed by atoms with Gasteiger partial charge in [0.15, 0.2) is 0 Å². The van der Waals surface area contributed by atoms with E-state index >= 15 is 0 Å². The van der Waals surface area contributed by atoms with Crippen LogP contribution in [0.3, 0.4) is 0 Å². The van der Waals surface area contributed by atoms with E-state index in [1.807, 2.05) is 36.6 Å². The molecule has 9 N–H and O–H groups in total. The second kappa shape index (κ2) is 24.5. The molecule has 1 aliphatic heterocycles. The third-order valence-electron chi connectivity index (χ3n) is 10.3. The Morgan fingerprint density at radius 1 is 0.883 bits per heavy atom. The summed E-state index contributed by atoms with van der Waals surface area (Å²) >= 11 is 0. The van der Waals surface area contributed by atoms with Gasteiger partial charge in [-0.05, 0) is 56.9 Å². The highest BCUT2D eigenvalue weighted by molar-refractivity contribution is 7.46. The molecule has 0 radical (unpaired) electrons. The summed E-state index contributed by atoms with van der Waals surface area (Å²) in [5.41, 5.74) is 7.25. The van der Waals surface area contributed by atoms with Gasteiger partial charge >= 0.3 is 7.82 Å². The van der Waals surface area contributed by atoms with Crippen LogP contribution in [0.15, 0.2) is 42.9 Å². The minimum absolute atomic E-state index is 0.0799. The molecule has 0 bridgehead atoms. The van der Waals surface area contributed by atoms with E-state index in [0.717, 1.165) is 51.9 Å². The first-order valence-electron chi connectivity index (χ1n) is 20.6. The number of amides is 6. The van der Waals surface area contributed by atoms with E-state index in [1.54, 1.807) is 12.5 Å². The summed E-state index contributed by atoms with van der Waals surface area (Å²) in [5.74, 6) is -4.81. The monoisotopic (exact) mass is 862 g/mol. The van der Waals surface area contributed by atoms with Crippen LogP contribution in [0.5, 0.6) is 0 Å². The summed E-state index contributed by atoms with van der Waals surface area (Å²) in [7, 11) is -5.11. The zero-order chi connectivity index (χ0) is 44.4. The number of unbranched alkanes of at least 4 members (excludes halogenated alkanes) is 5. The Morgan fingerprint density at radius 2 is 1.50 bits per heavy atom. The minimum Gasteiger partial charge on any atom is -0.394 e. The predicted molar refractivity (Wildman–Crippen MR) is 220 cm³/mol. The van der Waals surface area contributed by atoms with E-state index in [1.165, 1.54) is 17.4 Å². The molecule has 1 aromatic carbocycles. The molecule has 6 amide bonds. The lowest BCUT2D eigenvalue weighted by Gasteiger charge is -2.28. The lowest BCUT2D eigenvalue weighted by atomic mass is 10.0. The summed E-state index contributed by atoms with van der Waals surface area (Å²) in [6.07, 6.45) is 9.87. The number of aliphatic hydroxyl groups excluding tert-OH is 1. The molecule has 60 heavy (non-hydrogen) atoms. The summed E-state index contributed by atoms with van der Waals surface area (Å²) in [5, 5.41) is 20.2. The molecule has 19 nitrogen and oxygen atoms in total. The first-order chi connectivity index (χ1) is 28.4. The van der Waals surface area contributed by atoms with E-state index in [9.17, 15) is 48.2 Å². The van der Waals surface area contributed by atoms with Crippen molar-refractivity contribution in [2.24, 2.45) is 11.7 Å². The maximum absolute atomic E-state index is 14.0. The number of aryl methyl sites for hydroxylation is 2. The highest BCUT2D eigenvalue weighted by atomic mass is 31.2. The lowest BCUT2D eigenvalue weighted by Crippen LogP contribution is -2.61. The lowest BCUT2D eigenvalue weighted by molar-refractivity contribution is -0.139. The fourth-order valence-corrected chi connectivity index (χ4v) is 7.73. The van der Waals surface area contributed by atoms with Crippen molar-refractivity contribution < 1.29 is 52.7 Å². The van der Waals surface area contributed by atoms with Gasteiger partial charge in [-0.25, -0.2) is 9.55 Å². The Morgan fingerprint density at radius 3 is 2.12 bits per heavy atom. The number of phosphoric acid groups is 1. The first-order valence-corrected chi connectivity index (χ1v) is 22.1. The van der Waals surface area contributed by atoms with Gasteiger partial charge in [0.1, 0.15) is 30.2 Å². The van der Waals surface area contributed by atoms with Gasteiger partial charge in [-0.1, -0.05) is 69.9 Å². The van der Waals surface area contributed by atoms with Gasteiger partial charge < -0.3 is 51.4 Å². The molecule has 334 valence electrons. The van der Waals surface area contributed by atoms with E-state index in [0.29, 0.717) is 31.6 Å². The van der Waals surface area contributed by atoms with Gasteiger partial charge in [0.25, 0.3) is 0 Å². The average molecular weight is 863 g/mol. The van der Waals surface area contributed by atoms with Crippen molar-refractivity contribution in [2.75, 3.05) is 13.2 Å². The molecule has 2 aromatic rings. The molecule has 0 spiro atoms. The standard InChI is InChI=1S/C40H63N8O11P/c1-26(2)21-31(44-40(55)34-18-14-20-48(34)28(4)50)37(52)43-32(38(53)45-33(24-49)39(54)46-35(36(41)51)27(3)59-60(56,57)58)22-30-23-42-25-47(30)19-13-8-6-5-7-10-15-29-16-11-9-12-17-29/h9,11-12,16-17,23,25-27,31-35,49H,5-8,10,13-15,18-22,24H2,1-4H3,(H2,41,51)(H,43,52)(H,44,55)(H,45,53)(H,46,54)(H2,56,57,58)/t27-,31+,32+,33+,34?,35+/m1/s1. The van der Waals surface area contributed by atoms with Gasteiger partial charge in [0.2, 0.25) is 35.4 Å². The van der Waals surface area contributed by atoms with Crippen LogP contribution in [0, 0.1) is 5.92 Å². The van der Waals surface area contributed by atoms with E-state index in [4.69, 9.17) is 5.73 Å². The van der Waals surface area contributed by atoms with Crippen molar-refractivity contribution in [3.63, 3.8) is 0 Å². The second-order valence-corrected chi connectivity index (χ2v) is 16.9. The number of hydrogen-bond acceptors (Lipinski definition) is 10. The van der Waals surface area contributed by atoms with Crippen LogP contribution < -0.4 is 27.0 Å². The number of likely N-dealkylation sites (tertiary alicyclic amines) is 1. The molecule has 6 atom stereocenters. The number of imidazole rings is 1. The van der Waals surface area contributed by atoms with Gasteiger partial charge in [-0.15, -0.1) is 0 Å². The van der Waals surface area contributed by atoms with Crippen molar-refractivity contribution >= 4 is 43.3 Å². The Balaban J connectivity index is 1.76. The molecule has 3 rings (SSSR count). The number of nitrogens with two attached hydrogens (primary N) is 1. The van der Waals surface area contributed by atoms with Crippen molar-refractivity contribution in [1.29, 1.82) is 0 Å². The summed E-state index contributed by atoms with van der Waals surface area (Å²) in [4.78, 5) is 103. The van der Waals surface area contributed by atoms with Crippen LogP contribution in [0.1, 0.15) is 96.7 Å². The second-order valence-electron chi connectivity index (χ2n) is 15.7. The van der Waals surface area contributed by atoms with Crippen LogP contribution >= 0.6 is 7.82 Å². The topological polar surface area (TPSA) is 285 Å². The highest BCUT2D eigenvalue weighted by Gasteiger charge is 2.37. The molecule has 0 aliphatic carbocycles. The maximum atomic E-state index is 14.0. The SMILES string of the molecule is CC(=O)N1CCCC1C(=O)N[C@@H](CC(C)C)C(=O)N[C@@H](Cc1cncn1CCCCCCCCc1ccccc1)C(=O)N[C@@H](CO)C(=O)N[C@H](C(N)=O)[C@@H](C)OP(=O)(O)O. The van der Waals surface area contributed by atoms with Gasteiger partial charge in [-0.3, -0.25) is 33.3 Å². The van der Waals surface area contributed by atoms with Crippen LogP contribution in [-0.4, -0.2) is 114 Å². The van der Waals surface area contributed by atoms with Crippen LogP contribution in [0.2, 0.25) is 0 Å². The van der Waals surface area contributed by atoms with Crippen molar-refractivity contribution in [3.8, 4) is 0 Å². The molecule has 1 saturated heterocycles. The molecule has 1 aliphatic rings. The van der Waals surface area contributed by atoms with Crippen molar-refractivity contribution in [2.45, 2.75) is 141 Å². The zero-order valence-corrected chi connectivity index (χ0v) is 35.9. The Kier molecular flexibility index (Phi) is 20.3. The Labute approximate surface area is 351 Å². The van der Waals surface area contributed by atoms with E-state index < -0.39 is 80.3 Å². The molecule has 1 unspecified atom stereocenters. The number of carbonyl (C=O) groups excluding carboxylic acids is 6. The van der Waals surface area contributed by atoms with Crippen molar-refractivity contribution in [3.05, 3.63) is 54.1 Å². The number of nitrogens with one attached hydrogen (secondary N) is 4. The van der Waals surface area contributed by atoms with Gasteiger partial charge in [0.05, 0.1) is 19.0 Å². The Bertz CT molecular complexity index is 1770. The molecular weight excluding hydrogens is 799 g/mol. The predicted octanol–water partition coefficient (Wildman–Crippen LogP) is 0.981. The smallest absolute Gasteiger partial charge is 0.394 e. The Hall–Kier alpha value is -4.68. The molecule has 1 aromatic heterocycles. The number of nitrogens with zero attached hydrogens (tertiary/aromatic N) is 3. The first kappa shape index (κ1) is 49.7. The zero-order valence-electron chi connectivity index (χ0n) is 35.0. The number of hydrogen-bond donors (Lipinski definition) is 8. The number of rotatable bonds is 26. The largest absolute Gasteiger partial charge is 0.469 e. The van der Waals surface area contributed by atoms with Gasteiger partial charge in [0, 0.05) is 38.3 Å². The number of aromatic nitrogens is 2. The third kappa shape index (κ3) is 16.8.